The normalized spacial score (nSPS) is 19.6. The van der Waals surface area contributed by atoms with Crippen molar-refractivity contribution in [3.8, 4) is 0 Å². The number of carbonyl (C=O) groups is 1. The van der Waals surface area contributed by atoms with Crippen molar-refractivity contribution in [3.63, 3.8) is 0 Å². The van der Waals surface area contributed by atoms with Gasteiger partial charge in [-0.2, -0.15) is 0 Å². The first-order valence-corrected chi connectivity index (χ1v) is 6.92. The molecule has 1 aliphatic rings. The highest BCUT2D eigenvalue weighted by molar-refractivity contribution is 7.12. The van der Waals surface area contributed by atoms with Gasteiger partial charge in [-0.25, -0.2) is 0 Å². The molecule has 2 rings (SSSR count). The number of Topliss-reactive ketones (excluding diaryl/α,β-unsaturated/α-hetero) is 1. The summed E-state index contributed by atoms with van der Waals surface area (Å²) in [4.78, 5) is 12.7. The van der Waals surface area contributed by atoms with Gasteiger partial charge in [0.25, 0.3) is 0 Å². The second-order valence-electron chi connectivity index (χ2n) is 4.62. The van der Waals surface area contributed by atoms with E-state index in [9.17, 15) is 4.79 Å². The quantitative estimate of drug-likeness (QED) is 0.841. The van der Waals surface area contributed by atoms with Crippen LogP contribution in [0.1, 0.15) is 48.2 Å². The van der Waals surface area contributed by atoms with E-state index < -0.39 is 0 Å². The van der Waals surface area contributed by atoms with Crippen molar-refractivity contribution >= 4 is 28.7 Å². The fraction of sp³-hybridized carbons (Fsp3) is 0.583. The number of carbonyl (C=O) groups excluding carboxylic acids is 1. The van der Waals surface area contributed by atoms with E-state index in [4.69, 9.17) is 17.3 Å². The Morgan fingerprint density at radius 2 is 2.12 bits per heavy atom. The van der Waals surface area contributed by atoms with Crippen LogP contribution in [0.3, 0.4) is 0 Å². The topological polar surface area (TPSA) is 43.1 Å². The minimum Gasteiger partial charge on any atom is -0.325 e. The van der Waals surface area contributed by atoms with Gasteiger partial charge in [0.2, 0.25) is 0 Å². The molecule has 0 aromatic carbocycles. The lowest BCUT2D eigenvalue weighted by Gasteiger charge is -2.32. The van der Waals surface area contributed by atoms with Gasteiger partial charge in [0.1, 0.15) is 0 Å². The molecule has 1 saturated carbocycles. The van der Waals surface area contributed by atoms with E-state index in [-0.39, 0.29) is 11.3 Å². The van der Waals surface area contributed by atoms with Gasteiger partial charge in [0.15, 0.2) is 5.78 Å². The van der Waals surface area contributed by atoms with Crippen LogP contribution in [0.5, 0.6) is 0 Å². The first-order chi connectivity index (χ1) is 7.61. The number of hydrogen-bond acceptors (Lipinski definition) is 3. The molecule has 2 N–H and O–H groups in total. The van der Waals surface area contributed by atoms with E-state index >= 15 is 0 Å². The van der Waals surface area contributed by atoms with Gasteiger partial charge >= 0.3 is 0 Å². The Morgan fingerprint density at radius 1 is 1.44 bits per heavy atom. The maximum atomic E-state index is 12.0. The molecule has 0 spiro atoms. The molecule has 0 radical (unpaired) electrons. The SMILES string of the molecule is NC1(CC(=O)c2sccc2Cl)CCCCC1. The van der Waals surface area contributed by atoms with Crippen LogP contribution in [0.15, 0.2) is 11.4 Å². The second-order valence-corrected chi connectivity index (χ2v) is 5.94. The first-order valence-electron chi connectivity index (χ1n) is 5.66. The Hall–Kier alpha value is -0.380. The second kappa shape index (κ2) is 4.86. The predicted octanol–water partition coefficient (Wildman–Crippen LogP) is 3.64. The van der Waals surface area contributed by atoms with Crippen molar-refractivity contribution in [3.05, 3.63) is 21.3 Å². The lowest BCUT2D eigenvalue weighted by Crippen LogP contribution is -2.43. The number of nitrogens with two attached hydrogens (primary N) is 1. The van der Waals surface area contributed by atoms with E-state index in [0.29, 0.717) is 16.3 Å². The number of thiophene rings is 1. The highest BCUT2D eigenvalue weighted by atomic mass is 35.5. The van der Waals surface area contributed by atoms with Crippen LogP contribution in [0.4, 0.5) is 0 Å². The summed E-state index contributed by atoms with van der Waals surface area (Å²) >= 11 is 7.35. The van der Waals surface area contributed by atoms with E-state index in [1.165, 1.54) is 17.8 Å². The molecule has 0 saturated heterocycles. The molecule has 0 unspecified atom stereocenters. The molecule has 88 valence electrons. The van der Waals surface area contributed by atoms with E-state index in [1.54, 1.807) is 6.07 Å². The fourth-order valence-corrected chi connectivity index (χ4v) is 3.43. The molecule has 0 aliphatic heterocycles. The summed E-state index contributed by atoms with van der Waals surface area (Å²) in [7, 11) is 0. The maximum absolute atomic E-state index is 12.0. The van der Waals surface area contributed by atoms with Crippen molar-refractivity contribution in [2.75, 3.05) is 0 Å². The fourth-order valence-electron chi connectivity index (χ4n) is 2.33. The van der Waals surface area contributed by atoms with Crippen LogP contribution in [0.25, 0.3) is 0 Å². The molecule has 2 nitrogen and oxygen atoms in total. The van der Waals surface area contributed by atoms with Crippen LogP contribution >= 0.6 is 22.9 Å². The molecule has 1 aromatic heterocycles. The van der Waals surface area contributed by atoms with Crippen molar-refractivity contribution in [1.82, 2.24) is 0 Å². The van der Waals surface area contributed by atoms with Gasteiger partial charge < -0.3 is 5.73 Å². The highest BCUT2D eigenvalue weighted by Gasteiger charge is 2.31. The number of rotatable bonds is 3. The van der Waals surface area contributed by atoms with Crippen molar-refractivity contribution < 1.29 is 4.79 Å². The average molecular weight is 258 g/mol. The third-order valence-corrected chi connectivity index (χ3v) is 4.61. The van der Waals surface area contributed by atoms with E-state index in [0.717, 1.165) is 25.7 Å². The van der Waals surface area contributed by atoms with Gasteiger partial charge in [0, 0.05) is 12.0 Å². The van der Waals surface area contributed by atoms with Crippen molar-refractivity contribution in [2.45, 2.75) is 44.1 Å². The minimum atomic E-state index is -0.289. The molecule has 1 aliphatic carbocycles. The molecule has 4 heteroatoms. The molecule has 0 amide bonds. The molecular formula is C12H16ClNOS. The smallest absolute Gasteiger partial charge is 0.176 e. The van der Waals surface area contributed by atoms with Crippen molar-refractivity contribution in [2.24, 2.45) is 5.73 Å². The van der Waals surface area contributed by atoms with Gasteiger partial charge in [0.05, 0.1) is 9.90 Å². The molecule has 0 atom stereocenters. The summed E-state index contributed by atoms with van der Waals surface area (Å²) in [5.41, 5.74) is 5.97. The molecule has 1 heterocycles. The maximum Gasteiger partial charge on any atom is 0.176 e. The lowest BCUT2D eigenvalue weighted by atomic mass is 9.79. The minimum absolute atomic E-state index is 0.101. The summed E-state index contributed by atoms with van der Waals surface area (Å²) in [5.74, 6) is 0.101. The van der Waals surface area contributed by atoms with Crippen LogP contribution in [-0.2, 0) is 0 Å². The summed E-state index contributed by atoms with van der Waals surface area (Å²) < 4.78 is 0. The predicted molar refractivity (Wildman–Crippen MR) is 68.3 cm³/mol. The van der Waals surface area contributed by atoms with Crippen LogP contribution in [-0.4, -0.2) is 11.3 Å². The monoisotopic (exact) mass is 257 g/mol. The summed E-state index contributed by atoms with van der Waals surface area (Å²) in [6, 6.07) is 1.77. The summed E-state index contributed by atoms with van der Waals surface area (Å²) in [6.45, 7) is 0. The Balaban J connectivity index is 2.04. The number of halogens is 1. The van der Waals surface area contributed by atoms with Gasteiger partial charge in [-0.15, -0.1) is 11.3 Å². The first kappa shape index (κ1) is 12.1. The Labute approximate surface area is 105 Å². The average Bonchev–Trinajstić information content (AvgIpc) is 2.65. The van der Waals surface area contributed by atoms with Crippen LogP contribution in [0.2, 0.25) is 5.02 Å². The third-order valence-electron chi connectivity index (χ3n) is 3.23. The van der Waals surface area contributed by atoms with Crippen molar-refractivity contribution in [1.29, 1.82) is 0 Å². The lowest BCUT2D eigenvalue weighted by molar-refractivity contribution is 0.0939. The standard InChI is InChI=1S/C12H16ClNOS/c13-9-4-7-16-11(9)10(15)8-12(14)5-2-1-3-6-12/h4,7H,1-3,5-6,8,14H2. The zero-order chi connectivity index (χ0) is 11.6. The Morgan fingerprint density at radius 3 is 2.69 bits per heavy atom. The number of hydrogen-bond donors (Lipinski definition) is 1. The summed E-state index contributed by atoms with van der Waals surface area (Å²) in [5, 5.41) is 2.41. The molecule has 0 bridgehead atoms. The Bertz CT molecular complexity index is 382. The molecular weight excluding hydrogens is 242 g/mol. The zero-order valence-corrected chi connectivity index (χ0v) is 10.7. The van der Waals surface area contributed by atoms with Crippen LogP contribution < -0.4 is 5.73 Å². The van der Waals surface area contributed by atoms with Crippen LogP contribution in [0, 0.1) is 0 Å². The van der Waals surface area contributed by atoms with E-state index in [2.05, 4.69) is 0 Å². The van der Waals surface area contributed by atoms with Gasteiger partial charge in [-0.05, 0) is 24.3 Å². The summed E-state index contributed by atoms with van der Waals surface area (Å²) in [6.07, 6.45) is 5.88. The van der Waals surface area contributed by atoms with Gasteiger partial charge in [-0.3, -0.25) is 4.79 Å². The molecule has 16 heavy (non-hydrogen) atoms. The van der Waals surface area contributed by atoms with Gasteiger partial charge in [-0.1, -0.05) is 30.9 Å². The Kier molecular flexibility index (Phi) is 3.67. The van der Waals surface area contributed by atoms with E-state index in [1.807, 2.05) is 5.38 Å². The molecule has 1 aromatic rings. The molecule has 1 fully saturated rings. The zero-order valence-electron chi connectivity index (χ0n) is 9.17. The largest absolute Gasteiger partial charge is 0.325 e. The third kappa shape index (κ3) is 2.65. The number of ketones is 1. The highest BCUT2D eigenvalue weighted by Crippen LogP contribution is 2.32.